The lowest BCUT2D eigenvalue weighted by Crippen LogP contribution is -2.32. The molecule has 30 heavy (non-hydrogen) atoms. The molecule has 4 rings (SSSR count). The van der Waals surface area contributed by atoms with Crippen LogP contribution >= 0.6 is 0 Å². The monoisotopic (exact) mass is 427 g/mol. The standard InChI is InChI=1S/C21H22FN5O2S/c1-15-6-4-10-20(24-15)26-21-13-23-12-18(25-21)19-9-5-11-27(19)30(28,29)14-16-7-2-3-8-17(16)22/h2-4,6-8,10,12-13,19H,5,9,11,14H2,1H3,(H,24,25,26). The van der Waals surface area contributed by atoms with E-state index in [4.69, 9.17) is 0 Å². The number of aromatic nitrogens is 3. The minimum Gasteiger partial charge on any atom is -0.324 e. The van der Waals surface area contributed by atoms with Gasteiger partial charge in [-0.25, -0.2) is 22.8 Å². The Morgan fingerprint density at radius 1 is 1.10 bits per heavy atom. The molecule has 0 radical (unpaired) electrons. The normalized spacial score (nSPS) is 17.2. The van der Waals surface area contributed by atoms with E-state index in [1.807, 2.05) is 25.1 Å². The van der Waals surface area contributed by atoms with Gasteiger partial charge in [0.25, 0.3) is 0 Å². The van der Waals surface area contributed by atoms with Crippen LogP contribution in [0.2, 0.25) is 0 Å². The molecule has 1 fully saturated rings. The van der Waals surface area contributed by atoms with Gasteiger partial charge in [0.1, 0.15) is 17.5 Å². The van der Waals surface area contributed by atoms with Crippen molar-refractivity contribution >= 4 is 21.7 Å². The summed E-state index contributed by atoms with van der Waals surface area (Å²) in [4.78, 5) is 13.2. The summed E-state index contributed by atoms with van der Waals surface area (Å²) in [5, 5.41) is 3.11. The van der Waals surface area contributed by atoms with Gasteiger partial charge in [-0.3, -0.25) is 4.98 Å². The number of rotatable bonds is 6. The first kappa shape index (κ1) is 20.4. The molecular formula is C21H22FN5O2S. The van der Waals surface area contributed by atoms with Crippen LogP contribution in [0.15, 0.2) is 54.9 Å². The van der Waals surface area contributed by atoms with Crippen molar-refractivity contribution in [2.45, 2.75) is 31.6 Å². The molecule has 0 amide bonds. The zero-order valence-corrected chi connectivity index (χ0v) is 17.3. The predicted molar refractivity (Wildman–Crippen MR) is 112 cm³/mol. The van der Waals surface area contributed by atoms with Crippen LogP contribution < -0.4 is 5.32 Å². The Kier molecular flexibility index (Phi) is 5.74. The summed E-state index contributed by atoms with van der Waals surface area (Å²) in [6, 6.07) is 11.1. The van der Waals surface area contributed by atoms with Crippen molar-refractivity contribution in [2.24, 2.45) is 0 Å². The summed E-state index contributed by atoms with van der Waals surface area (Å²) >= 11 is 0. The van der Waals surface area contributed by atoms with E-state index in [0.29, 0.717) is 36.7 Å². The van der Waals surface area contributed by atoms with Crippen molar-refractivity contribution in [3.63, 3.8) is 0 Å². The number of nitrogens with zero attached hydrogens (tertiary/aromatic N) is 4. The molecule has 1 saturated heterocycles. The molecule has 0 saturated carbocycles. The van der Waals surface area contributed by atoms with Gasteiger partial charge in [0.2, 0.25) is 10.0 Å². The lowest BCUT2D eigenvalue weighted by molar-refractivity contribution is 0.389. The summed E-state index contributed by atoms with van der Waals surface area (Å²) in [5.74, 6) is 0.226. The third kappa shape index (κ3) is 4.47. The van der Waals surface area contributed by atoms with Gasteiger partial charge < -0.3 is 5.32 Å². The van der Waals surface area contributed by atoms with Crippen LogP contribution in [-0.2, 0) is 15.8 Å². The minimum atomic E-state index is -3.72. The lowest BCUT2D eigenvalue weighted by atomic mass is 10.2. The lowest BCUT2D eigenvalue weighted by Gasteiger charge is -2.24. The third-order valence-electron chi connectivity index (χ3n) is 5.00. The molecule has 0 spiro atoms. The highest BCUT2D eigenvalue weighted by Crippen LogP contribution is 2.34. The molecule has 1 atom stereocenters. The highest BCUT2D eigenvalue weighted by Gasteiger charge is 2.36. The Morgan fingerprint density at radius 3 is 2.73 bits per heavy atom. The van der Waals surface area contributed by atoms with Gasteiger partial charge in [-0.15, -0.1) is 0 Å². The average molecular weight is 428 g/mol. The number of hydrogen-bond acceptors (Lipinski definition) is 6. The van der Waals surface area contributed by atoms with Crippen molar-refractivity contribution < 1.29 is 12.8 Å². The van der Waals surface area contributed by atoms with Gasteiger partial charge in [0, 0.05) is 17.8 Å². The molecule has 1 aliphatic rings. The average Bonchev–Trinajstić information content (AvgIpc) is 3.21. The van der Waals surface area contributed by atoms with Gasteiger partial charge in [-0.1, -0.05) is 24.3 Å². The zero-order valence-electron chi connectivity index (χ0n) is 16.5. The summed E-state index contributed by atoms with van der Waals surface area (Å²) in [7, 11) is -3.72. The fourth-order valence-electron chi connectivity index (χ4n) is 3.61. The molecule has 1 aromatic carbocycles. The van der Waals surface area contributed by atoms with Crippen LogP contribution in [0.4, 0.5) is 16.0 Å². The number of anilines is 2. The van der Waals surface area contributed by atoms with E-state index in [9.17, 15) is 12.8 Å². The third-order valence-corrected chi connectivity index (χ3v) is 6.82. The summed E-state index contributed by atoms with van der Waals surface area (Å²) in [6.07, 6.45) is 4.49. The van der Waals surface area contributed by atoms with E-state index in [1.165, 1.54) is 16.4 Å². The van der Waals surface area contributed by atoms with Crippen LogP contribution in [0, 0.1) is 12.7 Å². The number of halogens is 1. The molecule has 0 bridgehead atoms. The van der Waals surface area contributed by atoms with E-state index < -0.39 is 21.9 Å². The van der Waals surface area contributed by atoms with Crippen molar-refractivity contribution in [2.75, 3.05) is 11.9 Å². The number of hydrogen-bond donors (Lipinski definition) is 1. The van der Waals surface area contributed by atoms with E-state index in [2.05, 4.69) is 20.3 Å². The molecule has 3 aromatic rings. The van der Waals surface area contributed by atoms with Gasteiger partial charge >= 0.3 is 0 Å². The van der Waals surface area contributed by atoms with Crippen LogP contribution in [-0.4, -0.2) is 34.2 Å². The molecule has 156 valence electrons. The molecule has 3 heterocycles. The topological polar surface area (TPSA) is 88.1 Å². The van der Waals surface area contributed by atoms with Crippen molar-refractivity contribution in [3.05, 3.63) is 77.6 Å². The number of pyridine rings is 1. The van der Waals surface area contributed by atoms with Crippen LogP contribution in [0.1, 0.15) is 35.8 Å². The first-order valence-corrected chi connectivity index (χ1v) is 11.3. The number of aryl methyl sites for hydroxylation is 1. The largest absolute Gasteiger partial charge is 0.324 e. The van der Waals surface area contributed by atoms with Crippen LogP contribution in [0.3, 0.4) is 0 Å². The van der Waals surface area contributed by atoms with E-state index in [0.717, 1.165) is 5.69 Å². The second kappa shape index (κ2) is 8.45. The summed E-state index contributed by atoms with van der Waals surface area (Å²) < 4.78 is 41.5. The fraction of sp³-hybridized carbons (Fsp3) is 0.286. The number of sulfonamides is 1. The summed E-state index contributed by atoms with van der Waals surface area (Å²) in [5.41, 5.74) is 1.59. The van der Waals surface area contributed by atoms with Crippen LogP contribution in [0.25, 0.3) is 0 Å². The van der Waals surface area contributed by atoms with Crippen LogP contribution in [0.5, 0.6) is 0 Å². The predicted octanol–water partition coefficient (Wildman–Crippen LogP) is 3.73. The number of nitrogens with one attached hydrogen (secondary N) is 1. The molecule has 0 aliphatic carbocycles. The molecular weight excluding hydrogens is 405 g/mol. The highest BCUT2D eigenvalue weighted by molar-refractivity contribution is 7.88. The molecule has 1 unspecified atom stereocenters. The summed E-state index contributed by atoms with van der Waals surface area (Å²) in [6.45, 7) is 2.27. The Hall–Kier alpha value is -2.91. The Balaban J connectivity index is 1.57. The fourth-order valence-corrected chi connectivity index (χ4v) is 5.41. The Labute approximate surface area is 175 Å². The van der Waals surface area contributed by atoms with Gasteiger partial charge in [-0.05, 0) is 38.0 Å². The quantitative estimate of drug-likeness (QED) is 0.645. The zero-order chi connectivity index (χ0) is 21.1. The van der Waals surface area contributed by atoms with Crippen molar-refractivity contribution in [1.82, 2.24) is 19.3 Å². The highest BCUT2D eigenvalue weighted by atomic mass is 32.2. The molecule has 9 heteroatoms. The van der Waals surface area contributed by atoms with Gasteiger partial charge in [0.05, 0.1) is 29.9 Å². The van der Waals surface area contributed by atoms with Crippen molar-refractivity contribution in [3.8, 4) is 0 Å². The molecule has 1 N–H and O–H groups in total. The number of benzene rings is 1. The minimum absolute atomic E-state index is 0.162. The van der Waals surface area contributed by atoms with E-state index in [1.54, 1.807) is 24.5 Å². The Morgan fingerprint density at radius 2 is 1.93 bits per heavy atom. The second-order valence-corrected chi connectivity index (χ2v) is 9.16. The first-order valence-electron chi connectivity index (χ1n) is 9.68. The van der Waals surface area contributed by atoms with Crippen molar-refractivity contribution in [1.29, 1.82) is 0 Å². The molecule has 7 nitrogen and oxygen atoms in total. The smallest absolute Gasteiger partial charge is 0.219 e. The SMILES string of the molecule is Cc1cccc(Nc2cncc(C3CCCN3S(=O)(=O)Cc3ccccc3F)n2)n1. The Bertz CT molecular complexity index is 1160. The maximum atomic E-state index is 14.0. The first-order chi connectivity index (χ1) is 14.4. The van der Waals surface area contributed by atoms with E-state index in [-0.39, 0.29) is 11.3 Å². The van der Waals surface area contributed by atoms with E-state index >= 15 is 0 Å². The van der Waals surface area contributed by atoms with Gasteiger partial charge in [-0.2, -0.15) is 4.31 Å². The van der Waals surface area contributed by atoms with Gasteiger partial charge in [0.15, 0.2) is 0 Å². The molecule has 2 aromatic heterocycles. The molecule has 1 aliphatic heterocycles. The maximum Gasteiger partial charge on any atom is 0.219 e. The maximum absolute atomic E-state index is 14.0. The second-order valence-electron chi connectivity index (χ2n) is 7.23.